The van der Waals surface area contributed by atoms with Crippen molar-refractivity contribution in [3.8, 4) is 11.3 Å². The number of aliphatic hydroxyl groups excluding tert-OH is 2. The molecular weight excluding hydrogens is 344 g/mol. The van der Waals surface area contributed by atoms with Crippen LogP contribution in [0.3, 0.4) is 0 Å². The first-order valence-electron chi connectivity index (χ1n) is 9.12. The van der Waals surface area contributed by atoms with Crippen LogP contribution in [0.25, 0.3) is 11.3 Å². The van der Waals surface area contributed by atoms with E-state index in [9.17, 15) is 10.2 Å². The van der Waals surface area contributed by atoms with Crippen LogP contribution in [0, 0.1) is 5.92 Å². The summed E-state index contributed by atoms with van der Waals surface area (Å²) < 4.78 is 5.28. The number of aliphatic hydroxyl groups is 2. The molecule has 1 aliphatic carbocycles. The minimum Gasteiger partial charge on any atom is -0.404 e. The summed E-state index contributed by atoms with van der Waals surface area (Å²) in [5.74, 6) is 0.860. The van der Waals surface area contributed by atoms with Crippen LogP contribution in [-0.2, 0) is 0 Å². The zero-order valence-electron chi connectivity index (χ0n) is 15.3. The molecule has 1 saturated carbocycles. The molecule has 0 aliphatic heterocycles. The van der Waals surface area contributed by atoms with E-state index in [1.54, 1.807) is 19.2 Å². The Balaban J connectivity index is 1.44. The molecule has 0 bridgehead atoms. The first-order valence-corrected chi connectivity index (χ1v) is 9.12. The Kier molecular flexibility index (Phi) is 6.39. The highest BCUT2D eigenvalue weighted by atomic mass is 16.5. The van der Waals surface area contributed by atoms with Gasteiger partial charge in [0.15, 0.2) is 12.0 Å². The lowest BCUT2D eigenvalue weighted by molar-refractivity contribution is 0.0642. The lowest BCUT2D eigenvalue weighted by Crippen LogP contribution is -2.43. The van der Waals surface area contributed by atoms with Gasteiger partial charge in [-0.3, -0.25) is 10.3 Å². The minimum absolute atomic E-state index is 0.215. The lowest BCUT2D eigenvalue weighted by Gasteiger charge is -2.36. The number of nitrogens with one attached hydrogen (secondary N) is 1. The van der Waals surface area contributed by atoms with Crippen molar-refractivity contribution in [3.05, 3.63) is 53.9 Å². The second-order valence-electron chi connectivity index (χ2n) is 6.92. The minimum atomic E-state index is -0.883. The van der Waals surface area contributed by atoms with Crippen LogP contribution in [0.2, 0.25) is 0 Å². The zero-order chi connectivity index (χ0) is 19.2. The van der Waals surface area contributed by atoms with Crippen LogP contribution >= 0.6 is 0 Å². The van der Waals surface area contributed by atoms with Crippen molar-refractivity contribution in [1.82, 2.24) is 10.5 Å². The van der Waals surface area contributed by atoms with Gasteiger partial charge in [-0.05, 0) is 25.7 Å². The van der Waals surface area contributed by atoms with Gasteiger partial charge in [-0.15, -0.1) is 0 Å². The monoisotopic (exact) mass is 370 g/mol. The van der Waals surface area contributed by atoms with Crippen LogP contribution < -0.4 is 11.1 Å². The van der Waals surface area contributed by atoms with Gasteiger partial charge in [-0.25, -0.2) is 0 Å². The van der Waals surface area contributed by atoms with Crippen molar-refractivity contribution in [3.63, 3.8) is 0 Å². The molecule has 0 radical (unpaired) electrons. The number of benzene rings is 1. The Hall–Kier alpha value is -2.48. The second-order valence-corrected chi connectivity index (χ2v) is 6.92. The summed E-state index contributed by atoms with van der Waals surface area (Å²) in [4.78, 5) is 4.34. The number of hydrogen-bond acceptors (Lipinski definition) is 7. The van der Waals surface area contributed by atoms with Gasteiger partial charge >= 0.3 is 0 Å². The molecule has 1 aromatic carbocycles. The summed E-state index contributed by atoms with van der Waals surface area (Å²) in [6.07, 6.45) is 3.34. The Morgan fingerprint density at radius 3 is 2.78 bits per heavy atom. The molecule has 1 heterocycles. The third-order valence-corrected chi connectivity index (χ3v) is 4.78. The van der Waals surface area contributed by atoms with Crippen molar-refractivity contribution >= 4 is 6.21 Å². The highest BCUT2D eigenvalue weighted by Crippen LogP contribution is 2.30. The molecule has 0 amide bonds. The largest absolute Gasteiger partial charge is 0.404 e. The molecule has 0 saturated heterocycles. The average Bonchev–Trinajstić information content (AvgIpc) is 3.13. The van der Waals surface area contributed by atoms with Gasteiger partial charge < -0.3 is 20.5 Å². The Morgan fingerprint density at radius 1 is 1.37 bits per heavy atom. The zero-order valence-corrected chi connectivity index (χ0v) is 15.3. The SMILES string of the molecule is CC(O)C(C=NCC1CC(NC(O)c2cc(-c3ccccc3)no2)C1)=CN. The molecule has 5 N–H and O–H groups in total. The number of aromatic nitrogens is 1. The van der Waals surface area contributed by atoms with Gasteiger partial charge in [0.25, 0.3) is 0 Å². The maximum atomic E-state index is 10.3. The van der Waals surface area contributed by atoms with E-state index in [1.807, 2.05) is 30.3 Å². The quantitative estimate of drug-likeness (QED) is 0.417. The summed E-state index contributed by atoms with van der Waals surface area (Å²) in [6.45, 7) is 2.33. The Morgan fingerprint density at radius 2 is 2.11 bits per heavy atom. The molecule has 7 heteroatoms. The maximum absolute atomic E-state index is 10.3. The highest BCUT2D eigenvalue weighted by Gasteiger charge is 2.31. The fourth-order valence-electron chi connectivity index (χ4n) is 3.09. The fraction of sp³-hybridized carbons (Fsp3) is 0.400. The van der Waals surface area contributed by atoms with Crippen molar-refractivity contribution in [1.29, 1.82) is 0 Å². The van der Waals surface area contributed by atoms with Crippen molar-refractivity contribution < 1.29 is 14.7 Å². The van der Waals surface area contributed by atoms with E-state index in [4.69, 9.17) is 10.3 Å². The van der Waals surface area contributed by atoms with Gasteiger partial charge in [0.2, 0.25) is 0 Å². The van der Waals surface area contributed by atoms with E-state index in [2.05, 4.69) is 15.5 Å². The number of nitrogens with zero attached hydrogens (tertiary/aromatic N) is 2. The molecule has 1 aliphatic rings. The van der Waals surface area contributed by atoms with Crippen LogP contribution in [0.15, 0.2) is 57.7 Å². The first-order chi connectivity index (χ1) is 13.1. The summed E-state index contributed by atoms with van der Waals surface area (Å²) in [5, 5.41) is 27.0. The molecule has 2 atom stereocenters. The third kappa shape index (κ3) is 5.03. The van der Waals surface area contributed by atoms with Crippen LogP contribution in [-0.4, -0.2) is 40.3 Å². The van der Waals surface area contributed by atoms with Crippen molar-refractivity contribution in [2.24, 2.45) is 16.6 Å². The molecule has 1 aromatic heterocycles. The van der Waals surface area contributed by atoms with E-state index >= 15 is 0 Å². The van der Waals surface area contributed by atoms with E-state index < -0.39 is 12.3 Å². The summed E-state index contributed by atoms with van der Waals surface area (Å²) in [6, 6.07) is 11.7. The van der Waals surface area contributed by atoms with E-state index in [-0.39, 0.29) is 6.04 Å². The fourth-order valence-corrected chi connectivity index (χ4v) is 3.09. The first kappa shape index (κ1) is 19.3. The number of hydrogen-bond donors (Lipinski definition) is 4. The van der Waals surface area contributed by atoms with Crippen LogP contribution in [0.5, 0.6) is 0 Å². The average molecular weight is 370 g/mol. The normalized spacial score (nSPS) is 22.6. The van der Waals surface area contributed by atoms with Gasteiger partial charge in [-0.1, -0.05) is 35.5 Å². The van der Waals surface area contributed by atoms with Gasteiger partial charge in [0.1, 0.15) is 5.69 Å². The summed E-state index contributed by atoms with van der Waals surface area (Å²) in [5.41, 5.74) is 7.70. The highest BCUT2D eigenvalue weighted by molar-refractivity contribution is 5.79. The number of rotatable bonds is 8. The molecule has 1 fully saturated rings. The molecule has 27 heavy (non-hydrogen) atoms. The molecular formula is C20H26N4O3. The molecule has 0 spiro atoms. The molecule has 3 rings (SSSR count). The van der Waals surface area contributed by atoms with Gasteiger partial charge in [-0.2, -0.15) is 0 Å². The molecule has 2 aromatic rings. The van der Waals surface area contributed by atoms with Gasteiger partial charge in [0, 0.05) is 42.2 Å². The third-order valence-electron chi connectivity index (χ3n) is 4.78. The van der Waals surface area contributed by atoms with E-state index in [0.29, 0.717) is 29.5 Å². The van der Waals surface area contributed by atoms with E-state index in [0.717, 1.165) is 18.4 Å². The Labute approximate surface area is 158 Å². The predicted molar refractivity (Wildman–Crippen MR) is 104 cm³/mol. The number of aliphatic imine (C=N–C) groups is 1. The molecule has 144 valence electrons. The molecule has 2 unspecified atom stereocenters. The van der Waals surface area contributed by atoms with Crippen molar-refractivity contribution in [2.75, 3.05) is 6.54 Å². The summed E-state index contributed by atoms with van der Waals surface area (Å²) >= 11 is 0. The standard InChI is InChI=1S/C20H26N4O3/c1-13(25)16(10-21)12-22-11-14-7-17(8-14)23-20(26)19-9-18(24-27-19)15-5-3-2-4-6-15/h2-6,9-10,12-14,17,20,23,25-26H,7-8,11,21H2,1H3. The molecule has 7 nitrogen and oxygen atoms in total. The predicted octanol–water partition coefficient (Wildman–Crippen LogP) is 1.99. The van der Waals surface area contributed by atoms with Crippen molar-refractivity contribution in [2.45, 2.75) is 38.1 Å². The van der Waals surface area contributed by atoms with Crippen LogP contribution in [0.4, 0.5) is 0 Å². The smallest absolute Gasteiger partial charge is 0.180 e. The van der Waals surface area contributed by atoms with Gasteiger partial charge in [0.05, 0.1) is 6.10 Å². The van der Waals surface area contributed by atoms with E-state index in [1.165, 1.54) is 6.20 Å². The van der Waals surface area contributed by atoms with Crippen LogP contribution in [0.1, 0.15) is 31.8 Å². The Bertz CT molecular complexity index is 780. The second kappa shape index (κ2) is 8.94. The topological polar surface area (TPSA) is 117 Å². The summed E-state index contributed by atoms with van der Waals surface area (Å²) in [7, 11) is 0. The number of nitrogens with two attached hydrogens (primary N) is 1. The maximum Gasteiger partial charge on any atom is 0.180 e. The lowest BCUT2D eigenvalue weighted by atomic mass is 9.80.